The Bertz CT molecular complexity index is 446. The molecule has 0 spiro atoms. The lowest BCUT2D eigenvalue weighted by Crippen LogP contribution is -2.52. The Balaban J connectivity index is 2.49. The Kier molecular flexibility index (Phi) is 3.97. The second-order valence-corrected chi connectivity index (χ2v) is 10.9. The van der Waals surface area contributed by atoms with Gasteiger partial charge in [-0.2, -0.15) is 0 Å². The van der Waals surface area contributed by atoms with Gasteiger partial charge in [0.2, 0.25) is 0 Å². The van der Waals surface area contributed by atoms with Crippen LogP contribution in [0.1, 0.15) is 31.7 Å². The molecule has 0 N–H and O–H groups in total. The molecule has 0 aromatic heterocycles. The quantitative estimate of drug-likeness (QED) is 0.756. The average Bonchev–Trinajstić information content (AvgIpc) is 2.24. The van der Waals surface area contributed by atoms with Crippen LogP contribution in [0.25, 0.3) is 0 Å². The van der Waals surface area contributed by atoms with Crippen molar-refractivity contribution in [2.75, 3.05) is 0 Å². The molecule has 19 heavy (non-hydrogen) atoms. The topological polar surface area (TPSA) is 26.3 Å². The van der Waals surface area contributed by atoms with E-state index in [2.05, 4.69) is 19.6 Å². The summed E-state index contributed by atoms with van der Waals surface area (Å²) < 4.78 is 6.47. The van der Waals surface area contributed by atoms with Crippen LogP contribution in [0.4, 0.5) is 0 Å². The number of carbonyl (C=O) groups is 1. The number of rotatable bonds is 5. The van der Waals surface area contributed by atoms with E-state index in [-0.39, 0.29) is 5.78 Å². The van der Waals surface area contributed by atoms with Crippen molar-refractivity contribution in [1.29, 1.82) is 0 Å². The Morgan fingerprint density at radius 3 is 2.16 bits per heavy atom. The lowest BCUT2D eigenvalue weighted by Gasteiger charge is -2.47. The molecular formula is C16H24O2Si. The largest absolute Gasteiger partial charge is 0.401 e. The van der Waals surface area contributed by atoms with Crippen molar-refractivity contribution in [2.45, 2.75) is 51.4 Å². The lowest BCUT2D eigenvalue weighted by atomic mass is 9.68. The van der Waals surface area contributed by atoms with E-state index in [4.69, 9.17) is 4.43 Å². The van der Waals surface area contributed by atoms with Gasteiger partial charge in [-0.25, -0.2) is 0 Å². The Morgan fingerprint density at radius 2 is 1.79 bits per heavy atom. The van der Waals surface area contributed by atoms with E-state index < -0.39 is 13.9 Å². The second-order valence-electron chi connectivity index (χ2n) is 6.50. The molecule has 0 saturated heterocycles. The summed E-state index contributed by atoms with van der Waals surface area (Å²) in [7, 11) is -1.80. The zero-order valence-corrected chi connectivity index (χ0v) is 13.4. The maximum absolute atomic E-state index is 12.5. The van der Waals surface area contributed by atoms with Crippen LogP contribution in [0.15, 0.2) is 30.3 Å². The van der Waals surface area contributed by atoms with Crippen LogP contribution in [0.3, 0.4) is 0 Å². The summed E-state index contributed by atoms with van der Waals surface area (Å²) in [5.74, 6) is 0.505. The van der Waals surface area contributed by atoms with Gasteiger partial charge >= 0.3 is 0 Å². The summed E-state index contributed by atoms with van der Waals surface area (Å²) in [6.45, 7) is 8.16. The number of hydrogen-bond acceptors (Lipinski definition) is 2. The molecule has 0 bridgehead atoms. The molecule has 0 amide bonds. The van der Waals surface area contributed by atoms with Gasteiger partial charge in [0, 0.05) is 0 Å². The van der Waals surface area contributed by atoms with Gasteiger partial charge in [0.05, 0.1) is 0 Å². The molecule has 1 fully saturated rings. The van der Waals surface area contributed by atoms with Gasteiger partial charge < -0.3 is 4.43 Å². The molecule has 0 unspecified atom stereocenters. The normalized spacial score (nSPS) is 19.6. The van der Waals surface area contributed by atoms with Gasteiger partial charge in [0.15, 0.2) is 14.1 Å². The van der Waals surface area contributed by atoms with E-state index in [0.29, 0.717) is 5.92 Å². The highest BCUT2D eigenvalue weighted by Crippen LogP contribution is 2.47. The zero-order valence-electron chi connectivity index (χ0n) is 12.4. The number of carbonyl (C=O) groups excluding carboxylic acids is 1. The number of Topliss-reactive ketones (excluding diaryl/α,β-unsaturated/α-hetero) is 1. The van der Waals surface area contributed by atoms with Gasteiger partial charge in [-0.1, -0.05) is 36.8 Å². The Morgan fingerprint density at radius 1 is 1.21 bits per heavy atom. The van der Waals surface area contributed by atoms with Gasteiger partial charge in [0.25, 0.3) is 0 Å². The molecule has 1 aromatic carbocycles. The summed E-state index contributed by atoms with van der Waals surface area (Å²) in [4.78, 5) is 12.5. The monoisotopic (exact) mass is 276 g/mol. The average molecular weight is 276 g/mol. The first-order valence-electron chi connectivity index (χ1n) is 7.13. The Labute approximate surface area is 117 Å². The molecule has 0 aliphatic heterocycles. The van der Waals surface area contributed by atoms with Gasteiger partial charge in [-0.3, -0.25) is 4.79 Å². The SMILES string of the molecule is CC(=O)[C@](O[Si](C)(C)C)(c1ccccc1)C1CCC1. The number of benzene rings is 1. The maximum atomic E-state index is 12.5. The molecule has 1 saturated carbocycles. The van der Waals surface area contributed by atoms with Crippen LogP contribution in [-0.2, 0) is 14.8 Å². The smallest absolute Gasteiger partial charge is 0.185 e. The highest BCUT2D eigenvalue weighted by atomic mass is 28.4. The van der Waals surface area contributed by atoms with Crippen LogP contribution in [-0.4, -0.2) is 14.1 Å². The maximum Gasteiger partial charge on any atom is 0.185 e. The first kappa shape index (κ1) is 14.5. The predicted octanol–water partition coefficient (Wildman–Crippen LogP) is 4.12. The molecule has 1 aliphatic rings. The molecule has 0 radical (unpaired) electrons. The molecule has 2 rings (SSSR count). The van der Waals surface area contributed by atoms with E-state index in [9.17, 15) is 4.79 Å². The third-order valence-electron chi connectivity index (χ3n) is 3.87. The van der Waals surface area contributed by atoms with Crippen molar-refractivity contribution in [3.8, 4) is 0 Å². The van der Waals surface area contributed by atoms with Crippen molar-refractivity contribution in [3.05, 3.63) is 35.9 Å². The highest BCUT2D eigenvalue weighted by molar-refractivity contribution is 6.70. The van der Waals surface area contributed by atoms with E-state index in [0.717, 1.165) is 18.4 Å². The third-order valence-corrected chi connectivity index (χ3v) is 4.81. The number of ketones is 1. The van der Waals surface area contributed by atoms with E-state index in [1.807, 2.05) is 30.3 Å². The minimum Gasteiger partial charge on any atom is -0.401 e. The fraction of sp³-hybridized carbons (Fsp3) is 0.562. The second kappa shape index (κ2) is 5.21. The fourth-order valence-corrected chi connectivity index (χ4v) is 4.32. The van der Waals surface area contributed by atoms with Crippen molar-refractivity contribution in [2.24, 2.45) is 5.92 Å². The minimum atomic E-state index is -1.80. The van der Waals surface area contributed by atoms with Crippen molar-refractivity contribution >= 4 is 14.1 Å². The number of hydrogen-bond donors (Lipinski definition) is 0. The summed E-state index contributed by atoms with van der Waals surface area (Å²) in [5.41, 5.74) is 0.332. The molecule has 104 valence electrons. The summed E-state index contributed by atoms with van der Waals surface area (Å²) in [5, 5.41) is 0. The zero-order chi connectivity index (χ0) is 14.1. The molecule has 2 nitrogen and oxygen atoms in total. The van der Waals surface area contributed by atoms with Crippen LogP contribution in [0.5, 0.6) is 0 Å². The van der Waals surface area contributed by atoms with Gasteiger partial charge in [0.1, 0.15) is 5.60 Å². The standard InChI is InChI=1S/C16H24O2Si/c1-13(17)16(15-11-8-12-15,18-19(2,3)4)14-9-6-5-7-10-14/h5-7,9-10,15H,8,11-12H2,1-4H3/t16-/m0/s1. The van der Waals surface area contributed by atoms with Crippen molar-refractivity contribution < 1.29 is 9.22 Å². The van der Waals surface area contributed by atoms with Crippen LogP contribution in [0, 0.1) is 5.92 Å². The third kappa shape index (κ3) is 2.82. The van der Waals surface area contributed by atoms with Gasteiger partial charge in [-0.15, -0.1) is 0 Å². The van der Waals surface area contributed by atoms with Crippen LogP contribution < -0.4 is 0 Å². The first-order chi connectivity index (χ1) is 8.86. The molecule has 1 aromatic rings. The van der Waals surface area contributed by atoms with E-state index in [1.165, 1.54) is 6.42 Å². The fourth-order valence-electron chi connectivity index (χ4n) is 2.92. The summed E-state index contributed by atoms with van der Waals surface area (Å²) in [6, 6.07) is 10.1. The predicted molar refractivity (Wildman–Crippen MR) is 80.6 cm³/mol. The lowest BCUT2D eigenvalue weighted by molar-refractivity contribution is -0.143. The molecular weight excluding hydrogens is 252 g/mol. The summed E-state index contributed by atoms with van der Waals surface area (Å²) in [6.07, 6.45) is 3.40. The highest BCUT2D eigenvalue weighted by Gasteiger charge is 2.50. The minimum absolute atomic E-state index is 0.158. The molecule has 0 heterocycles. The molecule has 3 heteroatoms. The molecule has 1 atom stereocenters. The van der Waals surface area contributed by atoms with Crippen LogP contribution >= 0.6 is 0 Å². The van der Waals surface area contributed by atoms with E-state index in [1.54, 1.807) is 6.92 Å². The first-order valence-corrected chi connectivity index (χ1v) is 10.5. The van der Waals surface area contributed by atoms with E-state index >= 15 is 0 Å². The van der Waals surface area contributed by atoms with Crippen LogP contribution in [0.2, 0.25) is 19.6 Å². The Hall–Kier alpha value is -0.933. The van der Waals surface area contributed by atoms with Crippen molar-refractivity contribution in [1.82, 2.24) is 0 Å². The summed E-state index contributed by atoms with van der Waals surface area (Å²) >= 11 is 0. The van der Waals surface area contributed by atoms with Crippen molar-refractivity contribution in [3.63, 3.8) is 0 Å². The van der Waals surface area contributed by atoms with Gasteiger partial charge in [-0.05, 0) is 50.9 Å². The molecule has 1 aliphatic carbocycles.